The highest BCUT2D eigenvalue weighted by Gasteiger charge is 2.21. The molecule has 3 aromatic rings. The lowest BCUT2D eigenvalue weighted by Crippen LogP contribution is -2.17. The number of hydrogen-bond acceptors (Lipinski definition) is 5. The topological polar surface area (TPSA) is 67.1 Å². The van der Waals surface area contributed by atoms with Gasteiger partial charge in [0.15, 0.2) is 5.65 Å². The monoisotopic (exact) mass is 393 g/mol. The molecule has 0 amide bonds. The molecule has 0 unspecified atom stereocenters. The lowest BCUT2D eigenvalue weighted by Gasteiger charge is -2.11. The number of aromatic hydroxyl groups is 1. The first-order valence-corrected chi connectivity index (χ1v) is 8.75. The molecule has 4 rings (SSSR count). The summed E-state index contributed by atoms with van der Waals surface area (Å²) in [6, 6.07) is 5.19. The first-order chi connectivity index (χ1) is 12.0. The van der Waals surface area contributed by atoms with Crippen LogP contribution in [0.4, 0.5) is 0 Å². The van der Waals surface area contributed by atoms with Gasteiger partial charge in [-0.15, -0.1) is 22.6 Å². The number of halogens is 2. The predicted molar refractivity (Wildman–Crippen MR) is 105 cm³/mol. The molecule has 1 aliphatic heterocycles. The van der Waals surface area contributed by atoms with Gasteiger partial charge in [0.25, 0.3) is 0 Å². The Morgan fingerprint density at radius 2 is 2.08 bits per heavy atom. The average Bonchev–Trinajstić information content (AvgIpc) is 3.13. The maximum absolute atomic E-state index is 10.2. The summed E-state index contributed by atoms with van der Waals surface area (Å²) in [5, 5.41) is 19.4. The van der Waals surface area contributed by atoms with Gasteiger partial charge in [-0.1, -0.05) is 11.6 Å². The van der Waals surface area contributed by atoms with Crippen LogP contribution in [0.5, 0.6) is 5.75 Å². The number of rotatable bonds is 3. The molecule has 1 fully saturated rings. The Balaban J connectivity index is 0.00000196. The van der Waals surface area contributed by atoms with Gasteiger partial charge >= 0.3 is 0 Å². The Hall–Kier alpha value is -1.89. The van der Waals surface area contributed by atoms with Crippen LogP contribution in [0.1, 0.15) is 12.0 Å². The van der Waals surface area contributed by atoms with Crippen molar-refractivity contribution in [1.29, 1.82) is 0 Å². The van der Waals surface area contributed by atoms with Gasteiger partial charge in [0, 0.05) is 23.7 Å². The summed E-state index contributed by atoms with van der Waals surface area (Å²) < 4.78 is 2.07. The van der Waals surface area contributed by atoms with Gasteiger partial charge in [0.2, 0.25) is 0 Å². The largest absolute Gasteiger partial charge is 0.507 e. The van der Waals surface area contributed by atoms with Crippen molar-refractivity contribution in [3.05, 3.63) is 35.1 Å². The van der Waals surface area contributed by atoms with Crippen molar-refractivity contribution in [3.63, 3.8) is 0 Å². The van der Waals surface area contributed by atoms with Crippen LogP contribution in [0.3, 0.4) is 0 Å². The van der Waals surface area contributed by atoms with Crippen LogP contribution in [0.15, 0.2) is 24.5 Å². The lowest BCUT2D eigenvalue weighted by atomic mass is 10.0. The van der Waals surface area contributed by atoms with E-state index in [1.54, 1.807) is 6.07 Å². The molecule has 6 nitrogen and oxygen atoms in total. The second-order valence-corrected chi connectivity index (χ2v) is 7.31. The summed E-state index contributed by atoms with van der Waals surface area (Å²) in [4.78, 5) is 6.83. The molecule has 1 atom stereocenters. The van der Waals surface area contributed by atoms with Gasteiger partial charge in [-0.3, -0.25) is 0 Å². The maximum atomic E-state index is 10.2. The minimum atomic E-state index is 0. The third-order valence-electron chi connectivity index (χ3n) is 4.84. The number of phenols is 1. The fraction of sp³-hybridized carbons (Fsp3) is 0.389. The highest BCUT2D eigenvalue weighted by atomic mass is 35.5. The normalized spacial score (nSPS) is 17.6. The molecule has 0 bridgehead atoms. The molecule has 26 heavy (non-hydrogen) atoms. The van der Waals surface area contributed by atoms with E-state index in [9.17, 15) is 5.11 Å². The van der Waals surface area contributed by atoms with Crippen molar-refractivity contribution in [3.8, 4) is 17.0 Å². The number of likely N-dealkylation sites (tertiary alicyclic amines) is 1. The Morgan fingerprint density at radius 1 is 1.27 bits per heavy atom. The molecule has 0 saturated carbocycles. The standard InChI is InChI=1S/C18H20ClN5O.ClH/c1-11-5-13(19)6-16(25)17(11)14-7-15-18(22-21-14)24(10-20-15)9-12-3-4-23(2)8-12;/h5-7,10,12,25H,3-4,8-9H2,1-2H3;1H/t12-;/m0./s1. The Bertz CT molecular complexity index is 919. The predicted octanol–water partition coefficient (Wildman–Crippen LogP) is 3.53. The molecule has 0 radical (unpaired) electrons. The van der Waals surface area contributed by atoms with E-state index in [1.807, 2.05) is 19.3 Å². The quantitative estimate of drug-likeness (QED) is 0.736. The molecule has 138 valence electrons. The van der Waals surface area contributed by atoms with E-state index in [1.165, 1.54) is 12.5 Å². The van der Waals surface area contributed by atoms with Crippen LogP contribution >= 0.6 is 24.0 Å². The molecule has 8 heteroatoms. The van der Waals surface area contributed by atoms with E-state index in [-0.39, 0.29) is 18.2 Å². The number of aryl methyl sites for hydroxylation is 1. The molecule has 3 heterocycles. The van der Waals surface area contributed by atoms with E-state index in [2.05, 4.69) is 31.7 Å². The highest BCUT2D eigenvalue weighted by Crippen LogP contribution is 2.34. The van der Waals surface area contributed by atoms with E-state index in [0.29, 0.717) is 22.2 Å². The molecule has 0 aliphatic carbocycles. The number of hydrogen-bond donors (Lipinski definition) is 1. The van der Waals surface area contributed by atoms with Crippen LogP contribution in [0.2, 0.25) is 5.02 Å². The fourth-order valence-electron chi connectivity index (χ4n) is 3.63. The van der Waals surface area contributed by atoms with E-state index < -0.39 is 0 Å². The zero-order valence-corrected chi connectivity index (χ0v) is 16.3. The molecule has 2 aromatic heterocycles. The van der Waals surface area contributed by atoms with Gasteiger partial charge < -0.3 is 14.6 Å². The Kier molecular flexibility index (Phi) is 5.37. The number of fused-ring (bicyclic) bond motifs is 1. The minimum absolute atomic E-state index is 0. The van der Waals surface area contributed by atoms with Gasteiger partial charge in [0.1, 0.15) is 11.3 Å². The van der Waals surface area contributed by atoms with Crippen LogP contribution in [-0.2, 0) is 6.54 Å². The minimum Gasteiger partial charge on any atom is -0.507 e. The highest BCUT2D eigenvalue weighted by molar-refractivity contribution is 6.31. The number of phenolic OH excluding ortho intramolecular Hbond substituents is 1. The van der Waals surface area contributed by atoms with Crippen LogP contribution < -0.4 is 0 Å². The second kappa shape index (κ2) is 7.39. The van der Waals surface area contributed by atoms with Crippen LogP contribution in [0, 0.1) is 12.8 Å². The molecule has 1 aliphatic rings. The smallest absolute Gasteiger partial charge is 0.182 e. The van der Waals surface area contributed by atoms with Crippen molar-refractivity contribution < 1.29 is 5.11 Å². The molecular formula is C18H21Cl2N5O. The van der Waals surface area contributed by atoms with Crippen molar-refractivity contribution >= 4 is 35.2 Å². The Morgan fingerprint density at radius 3 is 2.77 bits per heavy atom. The molecule has 0 spiro atoms. The van der Waals surface area contributed by atoms with Crippen molar-refractivity contribution in [2.24, 2.45) is 5.92 Å². The van der Waals surface area contributed by atoms with E-state index >= 15 is 0 Å². The van der Waals surface area contributed by atoms with Crippen LogP contribution in [-0.4, -0.2) is 49.9 Å². The summed E-state index contributed by atoms with van der Waals surface area (Å²) in [6.07, 6.45) is 3.02. The summed E-state index contributed by atoms with van der Waals surface area (Å²) >= 11 is 5.98. The number of imidazole rings is 1. The second-order valence-electron chi connectivity index (χ2n) is 6.87. The van der Waals surface area contributed by atoms with Gasteiger partial charge in [0.05, 0.1) is 12.0 Å². The summed E-state index contributed by atoms with van der Waals surface area (Å²) in [5.41, 5.74) is 3.66. The summed E-state index contributed by atoms with van der Waals surface area (Å²) in [7, 11) is 2.15. The Labute approximate surface area is 163 Å². The van der Waals surface area contributed by atoms with Gasteiger partial charge in [-0.05, 0) is 56.6 Å². The number of aromatic nitrogens is 4. The maximum Gasteiger partial charge on any atom is 0.182 e. The molecule has 1 N–H and O–H groups in total. The van der Waals surface area contributed by atoms with Gasteiger partial charge in [-0.2, -0.15) is 0 Å². The lowest BCUT2D eigenvalue weighted by molar-refractivity contribution is 0.379. The van der Waals surface area contributed by atoms with Gasteiger partial charge in [-0.25, -0.2) is 4.98 Å². The fourth-order valence-corrected chi connectivity index (χ4v) is 3.90. The third kappa shape index (κ3) is 3.49. The molecule has 1 saturated heterocycles. The zero-order valence-electron chi connectivity index (χ0n) is 14.7. The van der Waals surface area contributed by atoms with E-state index in [0.717, 1.165) is 36.4 Å². The van der Waals surface area contributed by atoms with Crippen molar-refractivity contribution in [1.82, 2.24) is 24.6 Å². The first-order valence-electron chi connectivity index (χ1n) is 8.38. The molecule has 1 aromatic carbocycles. The van der Waals surface area contributed by atoms with Crippen molar-refractivity contribution in [2.45, 2.75) is 19.9 Å². The zero-order chi connectivity index (χ0) is 17.6. The first kappa shape index (κ1) is 18.9. The average molecular weight is 394 g/mol. The summed E-state index contributed by atoms with van der Waals surface area (Å²) in [5.74, 6) is 0.721. The van der Waals surface area contributed by atoms with Crippen molar-refractivity contribution in [2.75, 3.05) is 20.1 Å². The molecular weight excluding hydrogens is 373 g/mol. The van der Waals surface area contributed by atoms with E-state index in [4.69, 9.17) is 11.6 Å². The number of nitrogens with zero attached hydrogens (tertiary/aromatic N) is 5. The van der Waals surface area contributed by atoms with Crippen LogP contribution in [0.25, 0.3) is 22.4 Å². The number of benzene rings is 1. The third-order valence-corrected chi connectivity index (χ3v) is 5.06. The SMILES string of the molecule is Cc1cc(Cl)cc(O)c1-c1cc2ncn(C[C@H]3CCN(C)C3)c2nn1.Cl. The summed E-state index contributed by atoms with van der Waals surface area (Å²) in [6.45, 7) is 5.04.